The van der Waals surface area contributed by atoms with E-state index >= 15 is 0 Å². The van der Waals surface area contributed by atoms with E-state index in [2.05, 4.69) is 22.3 Å². The van der Waals surface area contributed by atoms with E-state index in [-0.39, 0.29) is 5.91 Å². The van der Waals surface area contributed by atoms with Crippen molar-refractivity contribution in [1.29, 1.82) is 0 Å². The number of aryl methyl sites for hydroxylation is 3. The van der Waals surface area contributed by atoms with Gasteiger partial charge < -0.3 is 5.32 Å². The maximum atomic E-state index is 12.7. The fraction of sp³-hybridized carbons (Fsp3) is 0.278. The van der Waals surface area contributed by atoms with Crippen LogP contribution in [0.25, 0.3) is 5.69 Å². The van der Waals surface area contributed by atoms with Crippen molar-refractivity contribution in [3.63, 3.8) is 0 Å². The number of aromatic nitrogens is 3. The van der Waals surface area contributed by atoms with Crippen LogP contribution >= 0.6 is 22.9 Å². The molecular weight excluding hydrogens is 356 g/mol. The molecule has 1 aromatic carbocycles. The first-order chi connectivity index (χ1) is 12.0. The van der Waals surface area contributed by atoms with Gasteiger partial charge in [0.1, 0.15) is 10.7 Å². The minimum absolute atomic E-state index is 0.166. The Morgan fingerprint density at radius 2 is 2.12 bits per heavy atom. The SMILES string of the molecule is CCCc1nc(C)c(C(=O)Nc2cc(C)nn2-c2cccc(Cl)c2)s1. The molecule has 0 aliphatic heterocycles. The van der Waals surface area contributed by atoms with Crippen LogP contribution in [0.2, 0.25) is 5.02 Å². The van der Waals surface area contributed by atoms with Crippen molar-refractivity contribution < 1.29 is 4.79 Å². The van der Waals surface area contributed by atoms with Crippen molar-refractivity contribution in [3.05, 3.63) is 56.6 Å². The number of carbonyl (C=O) groups excluding carboxylic acids is 1. The van der Waals surface area contributed by atoms with E-state index < -0.39 is 0 Å². The molecule has 0 saturated heterocycles. The average molecular weight is 375 g/mol. The zero-order chi connectivity index (χ0) is 18.0. The molecule has 0 bridgehead atoms. The Hall–Kier alpha value is -2.18. The smallest absolute Gasteiger partial charge is 0.268 e. The first-order valence-electron chi connectivity index (χ1n) is 8.08. The molecule has 0 fully saturated rings. The molecule has 0 atom stereocenters. The fourth-order valence-corrected chi connectivity index (χ4v) is 3.80. The van der Waals surface area contributed by atoms with Gasteiger partial charge in [-0.05, 0) is 44.9 Å². The predicted molar refractivity (Wildman–Crippen MR) is 102 cm³/mol. The Morgan fingerprint density at radius 1 is 1.32 bits per heavy atom. The number of hydrogen-bond donors (Lipinski definition) is 1. The molecule has 7 heteroatoms. The molecular formula is C18H19ClN4OS. The van der Waals surface area contributed by atoms with Crippen molar-refractivity contribution in [2.45, 2.75) is 33.6 Å². The highest BCUT2D eigenvalue weighted by molar-refractivity contribution is 7.13. The van der Waals surface area contributed by atoms with E-state index in [0.717, 1.165) is 34.9 Å². The number of amides is 1. The van der Waals surface area contributed by atoms with Crippen LogP contribution in [0.5, 0.6) is 0 Å². The average Bonchev–Trinajstić information content (AvgIpc) is 3.10. The van der Waals surface area contributed by atoms with E-state index in [1.54, 1.807) is 16.8 Å². The summed E-state index contributed by atoms with van der Waals surface area (Å²) >= 11 is 7.52. The second-order valence-corrected chi connectivity index (χ2v) is 7.31. The zero-order valence-corrected chi connectivity index (χ0v) is 15.9. The van der Waals surface area contributed by atoms with Gasteiger partial charge in [-0.15, -0.1) is 11.3 Å². The molecule has 0 unspecified atom stereocenters. The quantitative estimate of drug-likeness (QED) is 0.697. The fourth-order valence-electron chi connectivity index (χ4n) is 2.55. The zero-order valence-electron chi connectivity index (χ0n) is 14.3. The summed E-state index contributed by atoms with van der Waals surface area (Å²) in [7, 11) is 0. The Kier molecular flexibility index (Phi) is 5.20. The maximum absolute atomic E-state index is 12.7. The van der Waals surface area contributed by atoms with Crippen molar-refractivity contribution >= 4 is 34.7 Å². The molecule has 3 aromatic rings. The highest BCUT2D eigenvalue weighted by Crippen LogP contribution is 2.23. The van der Waals surface area contributed by atoms with Crippen LogP contribution in [0.4, 0.5) is 5.82 Å². The first-order valence-corrected chi connectivity index (χ1v) is 9.27. The third-order valence-electron chi connectivity index (χ3n) is 3.64. The topological polar surface area (TPSA) is 59.8 Å². The van der Waals surface area contributed by atoms with Crippen LogP contribution in [0.3, 0.4) is 0 Å². The molecule has 0 radical (unpaired) electrons. The van der Waals surface area contributed by atoms with Crippen LogP contribution in [-0.4, -0.2) is 20.7 Å². The van der Waals surface area contributed by atoms with Crippen LogP contribution in [0.1, 0.15) is 39.4 Å². The molecule has 130 valence electrons. The summed E-state index contributed by atoms with van der Waals surface area (Å²) in [5.41, 5.74) is 2.36. The summed E-state index contributed by atoms with van der Waals surface area (Å²) in [6, 6.07) is 9.19. The molecule has 1 N–H and O–H groups in total. The molecule has 0 aliphatic carbocycles. The lowest BCUT2D eigenvalue weighted by molar-refractivity contribution is 0.102. The number of anilines is 1. The van der Waals surface area contributed by atoms with Gasteiger partial charge in [0.2, 0.25) is 0 Å². The minimum Gasteiger partial charge on any atom is -0.306 e. The predicted octanol–water partition coefficient (Wildman–Crippen LogP) is 4.80. The monoisotopic (exact) mass is 374 g/mol. The summed E-state index contributed by atoms with van der Waals surface area (Å²) in [5, 5.41) is 9.01. The second-order valence-electron chi connectivity index (χ2n) is 5.79. The van der Waals surface area contributed by atoms with Crippen molar-refractivity contribution in [2.24, 2.45) is 0 Å². The number of halogens is 1. The van der Waals surface area contributed by atoms with Gasteiger partial charge in [-0.3, -0.25) is 4.79 Å². The van der Waals surface area contributed by atoms with Crippen LogP contribution in [0.15, 0.2) is 30.3 Å². The van der Waals surface area contributed by atoms with Crippen molar-refractivity contribution in [2.75, 3.05) is 5.32 Å². The van der Waals surface area contributed by atoms with Gasteiger partial charge in [-0.1, -0.05) is 24.6 Å². The summed E-state index contributed by atoms with van der Waals surface area (Å²) in [6.07, 6.45) is 1.90. The normalized spacial score (nSPS) is 10.9. The minimum atomic E-state index is -0.166. The lowest BCUT2D eigenvalue weighted by atomic mass is 10.3. The van der Waals surface area contributed by atoms with E-state index in [9.17, 15) is 4.79 Å². The maximum Gasteiger partial charge on any atom is 0.268 e. The number of rotatable bonds is 5. The molecule has 1 amide bonds. The number of hydrogen-bond acceptors (Lipinski definition) is 4. The Bertz CT molecular complexity index is 916. The van der Waals surface area contributed by atoms with Gasteiger partial charge in [0, 0.05) is 11.1 Å². The van der Waals surface area contributed by atoms with E-state index in [1.165, 1.54) is 11.3 Å². The summed E-state index contributed by atoms with van der Waals surface area (Å²) in [6.45, 7) is 5.85. The van der Waals surface area contributed by atoms with Gasteiger partial charge in [0.25, 0.3) is 5.91 Å². The van der Waals surface area contributed by atoms with Gasteiger partial charge >= 0.3 is 0 Å². The molecule has 2 aromatic heterocycles. The Morgan fingerprint density at radius 3 is 2.84 bits per heavy atom. The summed E-state index contributed by atoms with van der Waals surface area (Å²) in [5.74, 6) is 0.440. The highest BCUT2D eigenvalue weighted by Gasteiger charge is 2.18. The standard InChI is InChI=1S/C18H19ClN4OS/c1-4-6-16-20-12(3)17(25-16)18(24)21-15-9-11(2)22-23(15)14-8-5-7-13(19)10-14/h5,7-10H,4,6H2,1-3H3,(H,21,24). The lowest BCUT2D eigenvalue weighted by Crippen LogP contribution is -2.15. The molecule has 25 heavy (non-hydrogen) atoms. The largest absolute Gasteiger partial charge is 0.306 e. The van der Waals surface area contributed by atoms with Gasteiger partial charge in [-0.2, -0.15) is 5.10 Å². The Labute approximate surface area is 155 Å². The number of benzene rings is 1. The number of carbonyl (C=O) groups is 1. The number of nitrogens with one attached hydrogen (secondary N) is 1. The molecule has 3 rings (SSSR count). The van der Waals surface area contributed by atoms with Gasteiger partial charge in [-0.25, -0.2) is 9.67 Å². The first kappa shape index (κ1) is 17.6. The van der Waals surface area contributed by atoms with E-state index in [4.69, 9.17) is 11.6 Å². The molecule has 2 heterocycles. The third-order valence-corrected chi connectivity index (χ3v) is 5.09. The van der Waals surface area contributed by atoms with Crippen molar-refractivity contribution in [1.82, 2.24) is 14.8 Å². The molecule has 5 nitrogen and oxygen atoms in total. The number of thiazole rings is 1. The number of nitrogens with zero attached hydrogens (tertiary/aromatic N) is 3. The summed E-state index contributed by atoms with van der Waals surface area (Å²) < 4.78 is 1.68. The molecule has 0 spiro atoms. The highest BCUT2D eigenvalue weighted by atomic mass is 35.5. The van der Waals surface area contributed by atoms with Gasteiger partial charge in [0.15, 0.2) is 0 Å². The van der Waals surface area contributed by atoms with Crippen LogP contribution < -0.4 is 5.32 Å². The summed E-state index contributed by atoms with van der Waals surface area (Å²) in [4.78, 5) is 17.8. The van der Waals surface area contributed by atoms with E-state index in [0.29, 0.717) is 15.7 Å². The lowest BCUT2D eigenvalue weighted by Gasteiger charge is -2.08. The van der Waals surface area contributed by atoms with Crippen LogP contribution in [0, 0.1) is 13.8 Å². The third kappa shape index (κ3) is 3.91. The molecule has 0 saturated carbocycles. The Balaban J connectivity index is 1.90. The van der Waals surface area contributed by atoms with E-state index in [1.807, 2.05) is 32.0 Å². The van der Waals surface area contributed by atoms with Crippen LogP contribution in [-0.2, 0) is 6.42 Å². The van der Waals surface area contributed by atoms with Gasteiger partial charge in [0.05, 0.1) is 22.1 Å². The van der Waals surface area contributed by atoms with Crippen molar-refractivity contribution in [3.8, 4) is 5.69 Å². The second kappa shape index (κ2) is 7.37. The molecule has 0 aliphatic rings.